The van der Waals surface area contributed by atoms with E-state index in [2.05, 4.69) is 10.2 Å². The molecule has 0 atom stereocenters. The molecule has 28 heavy (non-hydrogen) atoms. The van der Waals surface area contributed by atoms with Crippen LogP contribution in [-0.4, -0.2) is 19.0 Å². The molecule has 1 amide bonds. The van der Waals surface area contributed by atoms with Crippen molar-refractivity contribution in [2.24, 2.45) is 5.92 Å². The number of benzene rings is 2. The van der Waals surface area contributed by atoms with Gasteiger partial charge in [-0.2, -0.15) is 0 Å². The molecule has 1 aliphatic carbocycles. The summed E-state index contributed by atoms with van der Waals surface area (Å²) >= 11 is 12.3. The van der Waals surface area contributed by atoms with Crippen molar-refractivity contribution in [3.8, 4) is 0 Å². The van der Waals surface area contributed by atoms with Gasteiger partial charge < -0.3 is 10.2 Å². The second-order valence-corrected chi connectivity index (χ2v) is 8.85. The van der Waals surface area contributed by atoms with Crippen LogP contribution in [0, 0.1) is 5.92 Å². The molecule has 148 valence electrons. The summed E-state index contributed by atoms with van der Waals surface area (Å²) in [7, 11) is 0. The third-order valence-corrected chi connectivity index (χ3v) is 6.40. The lowest BCUT2D eigenvalue weighted by molar-refractivity contribution is 0.0944. The molecule has 4 rings (SSSR count). The fourth-order valence-electron chi connectivity index (χ4n) is 4.45. The number of anilines is 1. The van der Waals surface area contributed by atoms with E-state index in [0.29, 0.717) is 16.5 Å². The molecule has 0 bridgehead atoms. The van der Waals surface area contributed by atoms with E-state index in [9.17, 15) is 4.79 Å². The minimum absolute atomic E-state index is 0.00710. The standard InChI is InChI=1S/C23H26Cl2N2O/c24-19-8-6-17(7-9-19)15-27-11-10-18-12-20(25)13-21(22(18)27)23(28)26-14-16-4-2-1-3-5-16/h6-9,12-13,16H,1-5,10-11,14-15H2,(H,26,28). The van der Waals surface area contributed by atoms with E-state index in [4.69, 9.17) is 23.2 Å². The largest absolute Gasteiger partial charge is 0.366 e. The van der Waals surface area contributed by atoms with Crippen molar-refractivity contribution >= 4 is 34.8 Å². The van der Waals surface area contributed by atoms with Gasteiger partial charge in [0.2, 0.25) is 0 Å². The third-order valence-electron chi connectivity index (χ3n) is 5.93. The van der Waals surface area contributed by atoms with Gasteiger partial charge in [-0.25, -0.2) is 0 Å². The molecule has 1 N–H and O–H groups in total. The predicted octanol–water partition coefficient (Wildman–Crippen LogP) is 5.87. The molecule has 0 spiro atoms. The Bertz CT molecular complexity index is 844. The topological polar surface area (TPSA) is 32.3 Å². The molecule has 1 fully saturated rings. The molecule has 2 aromatic carbocycles. The van der Waals surface area contributed by atoms with Crippen molar-refractivity contribution in [3.63, 3.8) is 0 Å². The first-order chi connectivity index (χ1) is 13.6. The van der Waals surface area contributed by atoms with Crippen LogP contribution in [0.15, 0.2) is 36.4 Å². The van der Waals surface area contributed by atoms with Crippen molar-refractivity contribution in [2.75, 3.05) is 18.0 Å². The molecule has 2 aromatic rings. The maximum absolute atomic E-state index is 13.0. The fraction of sp³-hybridized carbons (Fsp3) is 0.435. The highest BCUT2D eigenvalue weighted by Gasteiger charge is 2.27. The van der Waals surface area contributed by atoms with Gasteiger partial charge in [-0.05, 0) is 60.6 Å². The first kappa shape index (κ1) is 19.6. The second kappa shape index (κ2) is 8.75. The Morgan fingerprint density at radius 2 is 1.79 bits per heavy atom. The van der Waals surface area contributed by atoms with E-state index in [1.54, 1.807) is 0 Å². The molecule has 1 heterocycles. The Morgan fingerprint density at radius 1 is 1.04 bits per heavy atom. The summed E-state index contributed by atoms with van der Waals surface area (Å²) in [6.45, 7) is 2.41. The Kier molecular flexibility index (Phi) is 6.13. The smallest absolute Gasteiger partial charge is 0.253 e. The molecule has 0 aromatic heterocycles. The van der Waals surface area contributed by atoms with Crippen LogP contribution >= 0.6 is 23.2 Å². The Morgan fingerprint density at radius 3 is 2.54 bits per heavy atom. The number of carbonyl (C=O) groups excluding carboxylic acids is 1. The number of rotatable bonds is 5. The molecule has 1 aliphatic heterocycles. The van der Waals surface area contributed by atoms with Crippen molar-refractivity contribution in [2.45, 2.75) is 45.1 Å². The Hall–Kier alpha value is -1.71. The van der Waals surface area contributed by atoms with Crippen LogP contribution in [-0.2, 0) is 13.0 Å². The summed E-state index contributed by atoms with van der Waals surface area (Å²) in [6, 6.07) is 11.7. The Balaban J connectivity index is 1.52. The second-order valence-electron chi connectivity index (χ2n) is 7.97. The maximum Gasteiger partial charge on any atom is 0.253 e. The van der Waals surface area contributed by atoms with Gasteiger partial charge in [0, 0.05) is 29.7 Å². The van der Waals surface area contributed by atoms with Crippen LogP contribution in [0.25, 0.3) is 0 Å². The Labute approximate surface area is 177 Å². The predicted molar refractivity (Wildman–Crippen MR) is 117 cm³/mol. The highest BCUT2D eigenvalue weighted by atomic mass is 35.5. The van der Waals surface area contributed by atoms with Crippen LogP contribution in [0.2, 0.25) is 10.0 Å². The molecule has 1 saturated carbocycles. The maximum atomic E-state index is 13.0. The highest BCUT2D eigenvalue weighted by Crippen LogP contribution is 2.36. The van der Waals surface area contributed by atoms with Gasteiger partial charge in [0.15, 0.2) is 0 Å². The van der Waals surface area contributed by atoms with Crippen molar-refractivity contribution < 1.29 is 4.79 Å². The molecule has 5 heteroatoms. The summed E-state index contributed by atoms with van der Waals surface area (Å²) in [6.07, 6.45) is 7.23. The summed E-state index contributed by atoms with van der Waals surface area (Å²) in [5.41, 5.74) is 4.07. The molecule has 2 aliphatic rings. The molecule has 0 saturated heterocycles. The zero-order valence-electron chi connectivity index (χ0n) is 16.0. The van der Waals surface area contributed by atoms with Gasteiger partial charge in [-0.1, -0.05) is 54.6 Å². The van der Waals surface area contributed by atoms with Crippen molar-refractivity contribution in [1.82, 2.24) is 5.32 Å². The van der Waals surface area contributed by atoms with Gasteiger partial charge in [0.1, 0.15) is 0 Å². The van der Waals surface area contributed by atoms with Gasteiger partial charge in [0.25, 0.3) is 5.91 Å². The number of nitrogens with zero attached hydrogens (tertiary/aromatic N) is 1. The number of carbonyl (C=O) groups is 1. The van der Waals surface area contributed by atoms with E-state index in [1.165, 1.54) is 37.7 Å². The lowest BCUT2D eigenvalue weighted by Gasteiger charge is -2.24. The summed E-state index contributed by atoms with van der Waals surface area (Å²) in [5.74, 6) is 0.599. The number of nitrogens with one attached hydrogen (secondary N) is 1. The number of halogens is 2. The molecule has 0 radical (unpaired) electrons. The monoisotopic (exact) mass is 416 g/mol. The van der Waals surface area contributed by atoms with Crippen LogP contribution < -0.4 is 10.2 Å². The van der Waals surface area contributed by atoms with Crippen LogP contribution in [0.3, 0.4) is 0 Å². The number of amides is 1. The lowest BCUT2D eigenvalue weighted by atomic mass is 9.89. The normalized spacial score (nSPS) is 16.9. The molecule has 0 unspecified atom stereocenters. The minimum Gasteiger partial charge on any atom is -0.366 e. The van der Waals surface area contributed by atoms with E-state index >= 15 is 0 Å². The third kappa shape index (κ3) is 4.47. The van der Waals surface area contributed by atoms with E-state index in [0.717, 1.165) is 42.3 Å². The minimum atomic E-state index is -0.00710. The average molecular weight is 417 g/mol. The van der Waals surface area contributed by atoms with Crippen LogP contribution in [0.5, 0.6) is 0 Å². The average Bonchev–Trinajstić information content (AvgIpc) is 3.10. The summed E-state index contributed by atoms with van der Waals surface area (Å²) in [4.78, 5) is 15.3. The van der Waals surface area contributed by atoms with E-state index < -0.39 is 0 Å². The van der Waals surface area contributed by atoms with Crippen molar-refractivity contribution in [3.05, 3.63) is 63.1 Å². The zero-order valence-corrected chi connectivity index (χ0v) is 17.5. The first-order valence-corrected chi connectivity index (χ1v) is 11.0. The van der Waals surface area contributed by atoms with Crippen LogP contribution in [0.1, 0.15) is 53.6 Å². The zero-order chi connectivity index (χ0) is 19.5. The van der Waals surface area contributed by atoms with E-state index in [-0.39, 0.29) is 5.91 Å². The lowest BCUT2D eigenvalue weighted by Crippen LogP contribution is -2.31. The summed E-state index contributed by atoms with van der Waals surface area (Å²) < 4.78 is 0. The van der Waals surface area contributed by atoms with Gasteiger partial charge in [0.05, 0.1) is 11.3 Å². The molecular weight excluding hydrogens is 391 g/mol. The number of fused-ring (bicyclic) bond motifs is 1. The number of hydrogen-bond donors (Lipinski definition) is 1. The molecular formula is C23H26Cl2N2O. The van der Waals surface area contributed by atoms with Gasteiger partial charge in [-0.3, -0.25) is 4.79 Å². The molecule has 3 nitrogen and oxygen atoms in total. The van der Waals surface area contributed by atoms with Crippen molar-refractivity contribution in [1.29, 1.82) is 0 Å². The first-order valence-electron chi connectivity index (χ1n) is 10.2. The quantitative estimate of drug-likeness (QED) is 0.660. The van der Waals surface area contributed by atoms with Crippen LogP contribution in [0.4, 0.5) is 5.69 Å². The van der Waals surface area contributed by atoms with E-state index in [1.807, 2.05) is 36.4 Å². The SMILES string of the molecule is O=C(NCC1CCCCC1)c1cc(Cl)cc2c1N(Cc1ccc(Cl)cc1)CC2. The fourth-order valence-corrected chi connectivity index (χ4v) is 4.82. The van der Waals surface area contributed by atoms with Gasteiger partial charge in [-0.15, -0.1) is 0 Å². The number of hydrogen-bond acceptors (Lipinski definition) is 2. The summed E-state index contributed by atoms with van der Waals surface area (Å²) in [5, 5.41) is 4.55. The highest BCUT2D eigenvalue weighted by molar-refractivity contribution is 6.31. The van der Waals surface area contributed by atoms with Gasteiger partial charge >= 0.3 is 0 Å².